The summed E-state index contributed by atoms with van der Waals surface area (Å²) in [5.74, 6) is -0.654. The van der Waals surface area contributed by atoms with Crippen molar-refractivity contribution in [2.75, 3.05) is 0 Å². The van der Waals surface area contributed by atoms with Crippen molar-refractivity contribution in [3.63, 3.8) is 0 Å². The minimum absolute atomic E-state index is 0.135. The van der Waals surface area contributed by atoms with E-state index in [-0.39, 0.29) is 21.6 Å². The molecule has 0 radical (unpaired) electrons. The highest BCUT2D eigenvalue weighted by Crippen LogP contribution is 2.85. The summed E-state index contributed by atoms with van der Waals surface area (Å²) in [5, 5.41) is -2.17. The van der Waals surface area contributed by atoms with Crippen LogP contribution in [0.25, 0.3) is 0 Å². The number of epoxide rings is 1. The van der Waals surface area contributed by atoms with Crippen molar-refractivity contribution in [2.24, 2.45) is 23.7 Å². The maximum atomic E-state index is 14.3. The molecule has 0 aromatic heterocycles. The molecular weight excluding hydrogens is 468 g/mol. The van der Waals surface area contributed by atoms with Crippen molar-refractivity contribution in [2.45, 2.75) is 51.8 Å². The molecule has 0 amide bonds. The normalized spacial score (nSPS) is 40.9. The van der Waals surface area contributed by atoms with E-state index in [1.54, 1.807) is 60.7 Å². The van der Waals surface area contributed by atoms with E-state index in [9.17, 15) is 16.8 Å². The SMILES string of the molecule is CC(C)=C1C2C(S(=O)(=O)c3ccccc3)C(S(=O)(=O)c3ccccc3)C1C13OC21C1C=CC3C1. The molecule has 2 aromatic carbocycles. The van der Waals surface area contributed by atoms with E-state index in [0.717, 1.165) is 17.6 Å². The molecule has 7 heteroatoms. The van der Waals surface area contributed by atoms with Gasteiger partial charge in [-0.3, -0.25) is 0 Å². The highest BCUT2D eigenvalue weighted by molar-refractivity contribution is 7.96. The van der Waals surface area contributed by atoms with Gasteiger partial charge in [0.15, 0.2) is 19.7 Å². The first kappa shape index (κ1) is 21.1. The number of hydrogen-bond donors (Lipinski definition) is 0. The van der Waals surface area contributed by atoms with Gasteiger partial charge in [-0.25, -0.2) is 16.8 Å². The van der Waals surface area contributed by atoms with Gasteiger partial charge in [0, 0.05) is 23.7 Å². The standard InChI is InChI=1S/C27H26O5S2/c1-16(2)21-22-24(33(28,29)19-9-5-3-6-10-19)25(34(30,31)20-11-7-4-8-12-20)23(21)27-18-14-13-17(15-18)26(22,27)32-27/h3-14,17-18,22-25H,15H2,1-2H3. The summed E-state index contributed by atoms with van der Waals surface area (Å²) in [6, 6.07) is 16.6. The van der Waals surface area contributed by atoms with Crippen molar-refractivity contribution in [3.8, 4) is 0 Å². The first-order valence-electron chi connectivity index (χ1n) is 11.8. The number of ether oxygens (including phenoxy) is 1. The lowest BCUT2D eigenvalue weighted by atomic mass is 9.73. The Balaban J connectivity index is 1.52. The Morgan fingerprint density at radius 2 is 1.15 bits per heavy atom. The molecule has 1 aliphatic heterocycles. The minimum atomic E-state index is -3.96. The minimum Gasteiger partial charge on any atom is -0.360 e. The topological polar surface area (TPSA) is 80.8 Å². The van der Waals surface area contributed by atoms with Crippen molar-refractivity contribution in [1.29, 1.82) is 0 Å². The molecule has 0 spiro atoms. The predicted molar refractivity (Wildman–Crippen MR) is 127 cm³/mol. The average Bonchev–Trinajstić information content (AvgIpc) is 3.16. The first-order chi connectivity index (χ1) is 16.2. The van der Waals surface area contributed by atoms with Crippen LogP contribution in [0, 0.1) is 23.7 Å². The lowest BCUT2D eigenvalue weighted by Crippen LogP contribution is -2.54. The fourth-order valence-corrected chi connectivity index (χ4v) is 13.2. The van der Waals surface area contributed by atoms with Crippen LogP contribution in [-0.4, -0.2) is 38.5 Å². The zero-order chi connectivity index (χ0) is 23.7. The van der Waals surface area contributed by atoms with Crippen LogP contribution in [0.15, 0.2) is 93.8 Å². The Labute approximate surface area is 200 Å². The van der Waals surface area contributed by atoms with Gasteiger partial charge in [0.1, 0.15) is 11.2 Å². The van der Waals surface area contributed by atoms with E-state index in [2.05, 4.69) is 12.2 Å². The first-order valence-corrected chi connectivity index (χ1v) is 14.9. The van der Waals surface area contributed by atoms with Gasteiger partial charge >= 0.3 is 0 Å². The van der Waals surface area contributed by atoms with Crippen molar-refractivity contribution in [1.82, 2.24) is 0 Å². The number of sulfone groups is 2. The summed E-state index contributed by atoms with van der Waals surface area (Å²) in [4.78, 5) is 0.352. The summed E-state index contributed by atoms with van der Waals surface area (Å²) in [6.45, 7) is 3.98. The van der Waals surface area contributed by atoms with Gasteiger partial charge in [-0.15, -0.1) is 0 Å². The molecule has 2 aromatic rings. The number of benzene rings is 2. The zero-order valence-corrected chi connectivity index (χ0v) is 20.6. The van der Waals surface area contributed by atoms with E-state index < -0.39 is 53.2 Å². The molecule has 0 N–H and O–H groups in total. The van der Waals surface area contributed by atoms with Gasteiger partial charge in [-0.1, -0.05) is 59.7 Å². The third kappa shape index (κ3) is 2.12. The molecule has 34 heavy (non-hydrogen) atoms. The van der Waals surface area contributed by atoms with Crippen LogP contribution >= 0.6 is 0 Å². The van der Waals surface area contributed by atoms with E-state index in [1.807, 2.05) is 13.8 Å². The van der Waals surface area contributed by atoms with Crippen LogP contribution in [-0.2, 0) is 24.4 Å². The molecular formula is C27H26O5S2. The second kappa shape index (κ2) is 6.31. The molecule has 3 saturated carbocycles. The fraction of sp³-hybridized carbons (Fsp3) is 0.407. The zero-order valence-electron chi connectivity index (χ0n) is 19.0. The summed E-state index contributed by atoms with van der Waals surface area (Å²) >= 11 is 0. The predicted octanol–water partition coefficient (Wildman–Crippen LogP) is 3.98. The molecule has 4 fully saturated rings. The van der Waals surface area contributed by atoms with Crippen LogP contribution in [0.4, 0.5) is 0 Å². The Kier molecular flexibility index (Phi) is 3.91. The summed E-state index contributed by atoms with van der Waals surface area (Å²) in [7, 11) is -7.93. The number of hydrogen-bond acceptors (Lipinski definition) is 5. The van der Waals surface area contributed by atoms with Crippen LogP contribution in [0.3, 0.4) is 0 Å². The molecule has 8 unspecified atom stereocenters. The highest BCUT2D eigenvalue weighted by Gasteiger charge is 2.96. The average molecular weight is 495 g/mol. The van der Waals surface area contributed by atoms with E-state index in [0.29, 0.717) is 0 Å². The molecule has 7 rings (SSSR count). The van der Waals surface area contributed by atoms with Gasteiger partial charge in [0.05, 0.1) is 20.3 Å². The Hall–Kier alpha value is -2.22. The van der Waals surface area contributed by atoms with Crippen molar-refractivity contribution < 1.29 is 21.6 Å². The van der Waals surface area contributed by atoms with Gasteiger partial charge in [0.25, 0.3) is 0 Å². The van der Waals surface area contributed by atoms with Gasteiger partial charge < -0.3 is 4.74 Å². The van der Waals surface area contributed by atoms with Crippen LogP contribution in [0.1, 0.15) is 20.3 Å². The monoisotopic (exact) mass is 494 g/mol. The second-order valence-corrected chi connectivity index (χ2v) is 14.8. The largest absolute Gasteiger partial charge is 0.360 e. The number of rotatable bonds is 4. The summed E-state index contributed by atoms with van der Waals surface area (Å²) < 4.78 is 63.7. The third-order valence-electron chi connectivity index (χ3n) is 9.10. The smallest absolute Gasteiger partial charge is 0.183 e. The molecule has 8 atom stereocenters. The lowest BCUT2D eigenvalue weighted by Gasteiger charge is -2.36. The van der Waals surface area contributed by atoms with Gasteiger partial charge in [-0.05, 0) is 44.5 Å². The molecule has 5 aliphatic rings. The fourth-order valence-electron chi connectivity index (χ4n) is 8.14. The Bertz CT molecular complexity index is 1380. The van der Waals surface area contributed by atoms with Gasteiger partial charge in [-0.2, -0.15) is 0 Å². The maximum Gasteiger partial charge on any atom is 0.183 e. The van der Waals surface area contributed by atoms with Crippen LogP contribution in [0.2, 0.25) is 0 Å². The molecule has 1 saturated heterocycles. The summed E-state index contributed by atoms with van der Waals surface area (Å²) in [6.07, 6.45) is 5.26. The molecule has 4 bridgehead atoms. The molecule has 1 heterocycles. The number of fused-ring (bicyclic) bond motifs is 4. The van der Waals surface area contributed by atoms with Crippen molar-refractivity contribution >= 4 is 19.7 Å². The third-order valence-corrected chi connectivity index (χ3v) is 13.7. The quantitative estimate of drug-likeness (QED) is 0.474. The maximum absolute atomic E-state index is 14.3. The van der Waals surface area contributed by atoms with E-state index >= 15 is 0 Å². The number of allylic oxidation sites excluding steroid dienone is 1. The molecule has 176 valence electrons. The van der Waals surface area contributed by atoms with Crippen molar-refractivity contribution in [3.05, 3.63) is 84.0 Å². The van der Waals surface area contributed by atoms with Crippen LogP contribution in [0.5, 0.6) is 0 Å². The van der Waals surface area contributed by atoms with E-state index in [4.69, 9.17) is 4.74 Å². The Morgan fingerprint density at radius 3 is 1.53 bits per heavy atom. The lowest BCUT2D eigenvalue weighted by molar-refractivity contribution is 0.123. The molecule has 4 aliphatic carbocycles. The summed E-state index contributed by atoms with van der Waals surface area (Å²) in [5.41, 5.74) is 0.821. The Morgan fingerprint density at radius 1 is 0.735 bits per heavy atom. The van der Waals surface area contributed by atoms with Gasteiger partial charge in [0.2, 0.25) is 0 Å². The van der Waals surface area contributed by atoms with E-state index in [1.165, 1.54) is 0 Å². The highest BCUT2D eigenvalue weighted by atomic mass is 32.2. The van der Waals surface area contributed by atoms with Crippen LogP contribution < -0.4 is 0 Å². The second-order valence-electron chi connectivity index (χ2n) is 10.6. The molecule has 5 nitrogen and oxygen atoms in total.